The number of hydrogen-bond acceptors (Lipinski definition) is 3. The maximum Gasteiger partial charge on any atom is 0.0781 e. The first-order valence-corrected chi connectivity index (χ1v) is 3.96. The average Bonchev–Trinajstić information content (AvgIpc) is 1.99. The summed E-state index contributed by atoms with van der Waals surface area (Å²) >= 11 is 0. The highest BCUT2D eigenvalue weighted by Crippen LogP contribution is 2.27. The van der Waals surface area contributed by atoms with Crippen LogP contribution in [-0.2, 0) is 0 Å². The molecule has 0 saturated heterocycles. The van der Waals surface area contributed by atoms with Crippen LogP contribution in [0.3, 0.4) is 0 Å². The SMILES string of the molecule is CC(C)c1cc(N)c(N)c(N)c1. The maximum atomic E-state index is 5.65. The fourth-order valence-electron chi connectivity index (χ4n) is 1.06. The van der Waals surface area contributed by atoms with Gasteiger partial charge in [0.25, 0.3) is 0 Å². The Labute approximate surface area is 72.5 Å². The summed E-state index contributed by atoms with van der Waals surface area (Å²) in [6, 6.07) is 3.74. The molecule has 3 nitrogen and oxygen atoms in total. The van der Waals surface area contributed by atoms with Gasteiger partial charge in [0.05, 0.1) is 17.1 Å². The molecule has 0 saturated carbocycles. The van der Waals surface area contributed by atoms with E-state index in [2.05, 4.69) is 13.8 Å². The van der Waals surface area contributed by atoms with Crippen molar-refractivity contribution in [3.8, 4) is 0 Å². The van der Waals surface area contributed by atoms with Gasteiger partial charge in [-0.3, -0.25) is 0 Å². The van der Waals surface area contributed by atoms with Crippen molar-refractivity contribution in [2.24, 2.45) is 0 Å². The van der Waals surface area contributed by atoms with E-state index in [4.69, 9.17) is 17.2 Å². The molecule has 0 radical (unpaired) electrons. The lowest BCUT2D eigenvalue weighted by Gasteiger charge is -2.10. The molecule has 1 aromatic rings. The Hall–Kier alpha value is -1.38. The lowest BCUT2D eigenvalue weighted by atomic mass is 10.0. The van der Waals surface area contributed by atoms with Gasteiger partial charge < -0.3 is 17.2 Å². The number of nitrogens with two attached hydrogens (primary N) is 3. The van der Waals surface area contributed by atoms with Crippen molar-refractivity contribution in [2.45, 2.75) is 19.8 Å². The van der Waals surface area contributed by atoms with Gasteiger partial charge in [0, 0.05) is 0 Å². The van der Waals surface area contributed by atoms with Crippen LogP contribution < -0.4 is 17.2 Å². The summed E-state index contributed by atoms with van der Waals surface area (Å²) in [7, 11) is 0. The second kappa shape index (κ2) is 2.93. The molecule has 0 spiro atoms. The Morgan fingerprint density at radius 2 is 1.42 bits per heavy atom. The highest BCUT2D eigenvalue weighted by Gasteiger charge is 2.05. The molecular formula is C9H15N3. The van der Waals surface area contributed by atoms with Gasteiger partial charge in [-0.25, -0.2) is 0 Å². The van der Waals surface area contributed by atoms with Crippen molar-refractivity contribution < 1.29 is 0 Å². The smallest absolute Gasteiger partial charge is 0.0781 e. The Morgan fingerprint density at radius 1 is 1.00 bits per heavy atom. The van der Waals surface area contributed by atoms with E-state index >= 15 is 0 Å². The number of hydrogen-bond donors (Lipinski definition) is 3. The van der Waals surface area contributed by atoms with Crippen LogP contribution in [0.25, 0.3) is 0 Å². The van der Waals surface area contributed by atoms with Crippen LogP contribution in [0.1, 0.15) is 25.3 Å². The summed E-state index contributed by atoms with van der Waals surface area (Å²) in [5, 5.41) is 0. The van der Waals surface area contributed by atoms with Crippen molar-refractivity contribution in [1.29, 1.82) is 0 Å². The Balaban J connectivity index is 3.21. The van der Waals surface area contributed by atoms with Crippen molar-refractivity contribution in [2.75, 3.05) is 17.2 Å². The number of anilines is 3. The molecule has 0 atom stereocenters. The molecule has 0 aromatic heterocycles. The van der Waals surface area contributed by atoms with E-state index < -0.39 is 0 Å². The molecule has 12 heavy (non-hydrogen) atoms. The number of nitrogen functional groups attached to an aromatic ring is 3. The normalized spacial score (nSPS) is 10.6. The van der Waals surface area contributed by atoms with Crippen molar-refractivity contribution in [1.82, 2.24) is 0 Å². The summed E-state index contributed by atoms with van der Waals surface area (Å²) in [6.07, 6.45) is 0. The first kappa shape index (κ1) is 8.71. The summed E-state index contributed by atoms with van der Waals surface area (Å²) in [4.78, 5) is 0. The fraction of sp³-hybridized carbons (Fsp3) is 0.333. The topological polar surface area (TPSA) is 78.1 Å². The molecule has 3 heteroatoms. The number of benzene rings is 1. The van der Waals surface area contributed by atoms with Crippen LogP contribution >= 0.6 is 0 Å². The standard InChI is InChI=1S/C9H15N3/c1-5(2)6-3-7(10)9(12)8(11)4-6/h3-5H,10-12H2,1-2H3. The molecule has 0 fully saturated rings. The van der Waals surface area contributed by atoms with Crippen LogP contribution in [0.4, 0.5) is 17.1 Å². The second-order valence-electron chi connectivity index (χ2n) is 3.27. The zero-order chi connectivity index (χ0) is 9.30. The van der Waals surface area contributed by atoms with Crippen LogP contribution in [0.15, 0.2) is 12.1 Å². The van der Waals surface area contributed by atoms with Gasteiger partial charge in [0.2, 0.25) is 0 Å². The van der Waals surface area contributed by atoms with Gasteiger partial charge in [-0.05, 0) is 23.6 Å². The molecule has 6 N–H and O–H groups in total. The van der Waals surface area contributed by atoms with Crippen molar-refractivity contribution in [3.63, 3.8) is 0 Å². The Kier molecular flexibility index (Phi) is 2.13. The summed E-state index contributed by atoms with van der Waals surface area (Å²) < 4.78 is 0. The van der Waals surface area contributed by atoms with E-state index in [1.54, 1.807) is 0 Å². The first-order valence-electron chi connectivity index (χ1n) is 3.96. The molecule has 1 rings (SSSR count). The molecular weight excluding hydrogens is 150 g/mol. The molecule has 1 aromatic carbocycles. The van der Waals surface area contributed by atoms with Crippen LogP contribution in [0, 0.1) is 0 Å². The van der Waals surface area contributed by atoms with E-state index in [9.17, 15) is 0 Å². The van der Waals surface area contributed by atoms with Gasteiger partial charge in [0.15, 0.2) is 0 Å². The summed E-state index contributed by atoms with van der Waals surface area (Å²) in [5.41, 5.74) is 19.7. The maximum absolute atomic E-state index is 5.65. The molecule has 66 valence electrons. The minimum Gasteiger partial charge on any atom is -0.397 e. The van der Waals surface area contributed by atoms with E-state index in [-0.39, 0.29) is 0 Å². The largest absolute Gasteiger partial charge is 0.397 e. The molecule has 0 amide bonds. The third kappa shape index (κ3) is 1.44. The minimum absolute atomic E-state index is 0.426. The lowest BCUT2D eigenvalue weighted by Crippen LogP contribution is -2.02. The molecule has 0 heterocycles. The Morgan fingerprint density at radius 3 is 1.75 bits per heavy atom. The van der Waals surface area contributed by atoms with E-state index in [1.807, 2.05) is 12.1 Å². The molecule has 0 aliphatic heterocycles. The predicted octanol–water partition coefficient (Wildman–Crippen LogP) is 1.56. The molecule has 0 aliphatic carbocycles. The van der Waals surface area contributed by atoms with Gasteiger partial charge in [-0.15, -0.1) is 0 Å². The molecule has 0 bridgehead atoms. The highest BCUT2D eigenvalue weighted by molar-refractivity contribution is 5.78. The van der Waals surface area contributed by atoms with Crippen LogP contribution in [-0.4, -0.2) is 0 Å². The zero-order valence-corrected chi connectivity index (χ0v) is 7.46. The summed E-state index contributed by atoms with van der Waals surface area (Å²) in [5.74, 6) is 0.426. The zero-order valence-electron chi connectivity index (χ0n) is 7.46. The number of rotatable bonds is 1. The van der Waals surface area contributed by atoms with E-state index in [0.717, 1.165) is 5.56 Å². The van der Waals surface area contributed by atoms with Crippen LogP contribution in [0.2, 0.25) is 0 Å². The minimum atomic E-state index is 0.426. The van der Waals surface area contributed by atoms with E-state index in [0.29, 0.717) is 23.0 Å². The lowest BCUT2D eigenvalue weighted by molar-refractivity contribution is 0.868. The Bertz CT molecular complexity index is 269. The average molecular weight is 165 g/mol. The van der Waals surface area contributed by atoms with Crippen LogP contribution in [0.5, 0.6) is 0 Å². The van der Waals surface area contributed by atoms with Gasteiger partial charge in [0.1, 0.15) is 0 Å². The van der Waals surface area contributed by atoms with Gasteiger partial charge in [-0.2, -0.15) is 0 Å². The third-order valence-electron chi connectivity index (χ3n) is 1.93. The van der Waals surface area contributed by atoms with Gasteiger partial charge >= 0.3 is 0 Å². The molecule has 0 aliphatic rings. The first-order chi connectivity index (χ1) is 5.52. The second-order valence-corrected chi connectivity index (χ2v) is 3.27. The monoisotopic (exact) mass is 165 g/mol. The third-order valence-corrected chi connectivity index (χ3v) is 1.93. The summed E-state index contributed by atoms with van der Waals surface area (Å²) in [6.45, 7) is 4.18. The van der Waals surface area contributed by atoms with E-state index in [1.165, 1.54) is 0 Å². The highest BCUT2D eigenvalue weighted by atomic mass is 14.7. The van der Waals surface area contributed by atoms with Gasteiger partial charge in [-0.1, -0.05) is 13.8 Å². The van der Waals surface area contributed by atoms with Crippen molar-refractivity contribution >= 4 is 17.1 Å². The predicted molar refractivity (Wildman–Crippen MR) is 53.8 cm³/mol. The van der Waals surface area contributed by atoms with Crippen molar-refractivity contribution in [3.05, 3.63) is 17.7 Å². The fourth-order valence-corrected chi connectivity index (χ4v) is 1.06. The quantitative estimate of drug-likeness (QED) is 0.552. The molecule has 0 unspecified atom stereocenters.